The molecule has 2 saturated heterocycles. The quantitative estimate of drug-likeness (QED) is 0.564. The van der Waals surface area contributed by atoms with E-state index in [2.05, 4.69) is 5.32 Å². The summed E-state index contributed by atoms with van der Waals surface area (Å²) in [5.74, 6) is 0.00630. The number of urea groups is 1. The van der Waals surface area contributed by atoms with Crippen LogP contribution in [0.3, 0.4) is 0 Å². The van der Waals surface area contributed by atoms with Crippen molar-refractivity contribution in [2.24, 2.45) is 11.8 Å². The Hall–Kier alpha value is -1.05. The molecule has 4 rings (SSSR count). The zero-order valence-electron chi connectivity index (χ0n) is 16.6. The van der Waals surface area contributed by atoms with Gasteiger partial charge in [-0.05, 0) is 38.0 Å². The van der Waals surface area contributed by atoms with Crippen LogP contribution in [0.2, 0.25) is 0 Å². The number of carbonyl (C=O) groups is 2. The lowest BCUT2D eigenvalue weighted by Crippen LogP contribution is -2.53. The van der Waals surface area contributed by atoms with Crippen molar-refractivity contribution in [3.63, 3.8) is 0 Å². The zero-order chi connectivity index (χ0) is 19.8. The first kappa shape index (κ1) is 20.2. The van der Waals surface area contributed by atoms with Crippen molar-refractivity contribution in [3.05, 3.63) is 0 Å². The van der Waals surface area contributed by atoms with Crippen LogP contribution >= 0.6 is 11.6 Å². The van der Waals surface area contributed by atoms with Gasteiger partial charge in [0.25, 0.3) is 0 Å². The second-order valence-corrected chi connectivity index (χ2v) is 9.23. The fraction of sp³-hybridized carbons (Fsp3) is 0.900. The molecule has 8 heteroatoms. The second kappa shape index (κ2) is 8.36. The highest BCUT2D eigenvalue weighted by Gasteiger charge is 2.49. The van der Waals surface area contributed by atoms with Crippen molar-refractivity contribution in [2.45, 2.75) is 80.7 Å². The van der Waals surface area contributed by atoms with E-state index >= 15 is 0 Å². The van der Waals surface area contributed by atoms with Crippen LogP contribution in [0.1, 0.15) is 44.9 Å². The third-order valence-corrected chi connectivity index (χ3v) is 7.64. The molecule has 28 heavy (non-hydrogen) atoms. The summed E-state index contributed by atoms with van der Waals surface area (Å²) in [6, 6.07) is -0.476. The summed E-state index contributed by atoms with van der Waals surface area (Å²) < 4.78 is 16.9. The van der Waals surface area contributed by atoms with E-state index in [1.165, 1.54) is 6.42 Å². The lowest BCUT2D eigenvalue weighted by Gasteiger charge is -2.42. The van der Waals surface area contributed by atoms with Gasteiger partial charge in [0.15, 0.2) is 0 Å². The highest BCUT2D eigenvalue weighted by molar-refractivity contribution is 6.21. The smallest absolute Gasteiger partial charge is 0.318 e. The Morgan fingerprint density at radius 1 is 1.07 bits per heavy atom. The Labute approximate surface area is 171 Å². The van der Waals surface area contributed by atoms with Gasteiger partial charge in [0.2, 0.25) is 0 Å². The Kier molecular flexibility index (Phi) is 6.04. The predicted molar refractivity (Wildman–Crippen MR) is 103 cm³/mol. The average molecular weight is 415 g/mol. The molecule has 0 bridgehead atoms. The maximum atomic E-state index is 12.8. The highest BCUT2D eigenvalue weighted by Crippen LogP contribution is 2.39. The number of fused-ring (bicyclic) bond motifs is 1. The van der Waals surface area contributed by atoms with Crippen LogP contribution in [-0.4, -0.2) is 73.4 Å². The summed E-state index contributed by atoms with van der Waals surface area (Å²) in [5.41, 5.74) is 0. The highest BCUT2D eigenvalue weighted by atomic mass is 35.5. The first-order chi connectivity index (χ1) is 13.5. The molecule has 8 atom stereocenters. The molecule has 158 valence electrons. The van der Waals surface area contributed by atoms with Gasteiger partial charge in [0.05, 0.1) is 35.6 Å². The minimum atomic E-state index is -0.267. The van der Waals surface area contributed by atoms with E-state index < -0.39 is 0 Å². The molecule has 0 radical (unpaired) electrons. The Morgan fingerprint density at radius 2 is 1.82 bits per heavy atom. The zero-order valence-corrected chi connectivity index (χ0v) is 17.4. The molecule has 2 aliphatic carbocycles. The van der Waals surface area contributed by atoms with Gasteiger partial charge in [-0.1, -0.05) is 6.42 Å². The number of halogens is 1. The normalized spacial score (nSPS) is 44.0. The number of esters is 1. The predicted octanol–water partition coefficient (Wildman–Crippen LogP) is 2.30. The van der Waals surface area contributed by atoms with E-state index in [0.717, 1.165) is 25.7 Å². The summed E-state index contributed by atoms with van der Waals surface area (Å²) in [4.78, 5) is 27.2. The number of hydrogen-bond donors (Lipinski definition) is 1. The number of ether oxygens (including phenoxy) is 3. The third-order valence-electron chi connectivity index (χ3n) is 7.18. The Balaban J connectivity index is 1.44. The average Bonchev–Trinajstić information content (AvgIpc) is 3.08. The van der Waals surface area contributed by atoms with E-state index in [-0.39, 0.29) is 53.7 Å². The molecule has 1 N–H and O–H groups in total. The van der Waals surface area contributed by atoms with E-state index in [4.69, 9.17) is 25.8 Å². The van der Waals surface area contributed by atoms with Gasteiger partial charge in [-0.2, -0.15) is 0 Å². The van der Waals surface area contributed by atoms with Crippen LogP contribution in [-0.2, 0) is 19.0 Å². The third kappa shape index (κ3) is 3.73. The molecule has 2 amide bonds. The van der Waals surface area contributed by atoms with E-state index in [0.29, 0.717) is 25.3 Å². The van der Waals surface area contributed by atoms with Crippen LogP contribution in [0.15, 0.2) is 0 Å². The standard InChI is InChI=1S/C20H31ClN2O5/c1-26-17-9-18(27-2)15(8-13(17)21)23-10-14(22-20(23)25)12-7-11-5-3-4-6-16(11)28-19(12)24/h11-18H,3-10H2,1-2H3,(H,22,25). The molecule has 4 fully saturated rings. The summed E-state index contributed by atoms with van der Waals surface area (Å²) in [5, 5.41) is 2.87. The largest absolute Gasteiger partial charge is 0.462 e. The summed E-state index contributed by atoms with van der Waals surface area (Å²) in [6.45, 7) is 0.488. The minimum Gasteiger partial charge on any atom is -0.462 e. The molecule has 0 spiro atoms. The minimum absolute atomic E-state index is 0.0740. The number of alkyl halides is 1. The van der Waals surface area contributed by atoms with E-state index in [9.17, 15) is 9.59 Å². The topological polar surface area (TPSA) is 77.1 Å². The van der Waals surface area contributed by atoms with Gasteiger partial charge in [-0.25, -0.2) is 4.79 Å². The maximum Gasteiger partial charge on any atom is 0.318 e. The second-order valence-electron chi connectivity index (χ2n) is 8.67. The van der Waals surface area contributed by atoms with Crippen LogP contribution < -0.4 is 5.32 Å². The number of amides is 2. The first-order valence-electron chi connectivity index (χ1n) is 10.5. The molecule has 7 nitrogen and oxygen atoms in total. The van der Waals surface area contributed by atoms with Crippen LogP contribution in [0.25, 0.3) is 0 Å². The van der Waals surface area contributed by atoms with Crippen molar-refractivity contribution >= 4 is 23.6 Å². The van der Waals surface area contributed by atoms with Gasteiger partial charge < -0.3 is 24.4 Å². The fourth-order valence-electron chi connectivity index (χ4n) is 5.57. The fourth-order valence-corrected chi connectivity index (χ4v) is 5.96. The molecule has 4 aliphatic rings. The number of nitrogens with one attached hydrogen (secondary N) is 1. The van der Waals surface area contributed by atoms with Gasteiger partial charge in [0.1, 0.15) is 6.10 Å². The lowest BCUT2D eigenvalue weighted by molar-refractivity contribution is -0.169. The molecule has 0 aromatic heterocycles. The molecule has 8 unspecified atom stereocenters. The van der Waals surface area contributed by atoms with E-state index in [1.54, 1.807) is 19.1 Å². The van der Waals surface area contributed by atoms with Crippen molar-refractivity contribution in [1.82, 2.24) is 10.2 Å². The van der Waals surface area contributed by atoms with Crippen molar-refractivity contribution in [1.29, 1.82) is 0 Å². The monoisotopic (exact) mass is 414 g/mol. The molecular weight excluding hydrogens is 384 g/mol. The Bertz CT molecular complexity index is 605. The maximum absolute atomic E-state index is 12.8. The van der Waals surface area contributed by atoms with Crippen molar-refractivity contribution < 1.29 is 23.8 Å². The van der Waals surface area contributed by atoms with Gasteiger partial charge >= 0.3 is 12.0 Å². The number of rotatable bonds is 4. The summed E-state index contributed by atoms with van der Waals surface area (Å²) in [7, 11) is 3.31. The van der Waals surface area contributed by atoms with Crippen molar-refractivity contribution in [3.8, 4) is 0 Å². The molecule has 0 aromatic carbocycles. The number of methoxy groups -OCH3 is 2. The SMILES string of the molecule is COC1CC(OC)C(N2CC(C3CC4CCCCC4OC3=O)NC2=O)CC1Cl. The number of nitrogens with zero attached hydrogens (tertiary/aromatic N) is 1. The molecule has 2 saturated carbocycles. The summed E-state index contributed by atoms with van der Waals surface area (Å²) in [6.07, 6.45) is 6.34. The Morgan fingerprint density at radius 3 is 2.57 bits per heavy atom. The van der Waals surface area contributed by atoms with Gasteiger partial charge in [-0.3, -0.25) is 4.79 Å². The molecule has 2 heterocycles. The number of hydrogen-bond acceptors (Lipinski definition) is 5. The first-order valence-corrected chi connectivity index (χ1v) is 10.9. The molecule has 0 aromatic rings. The summed E-state index contributed by atoms with van der Waals surface area (Å²) >= 11 is 6.50. The van der Waals surface area contributed by atoms with Crippen LogP contribution in [0.5, 0.6) is 0 Å². The molecule has 2 aliphatic heterocycles. The van der Waals surface area contributed by atoms with Crippen LogP contribution in [0, 0.1) is 11.8 Å². The number of carbonyl (C=O) groups excluding carboxylic acids is 2. The van der Waals surface area contributed by atoms with Crippen molar-refractivity contribution in [2.75, 3.05) is 20.8 Å². The van der Waals surface area contributed by atoms with E-state index in [1.807, 2.05) is 0 Å². The molecular formula is C20H31ClN2O5. The van der Waals surface area contributed by atoms with Crippen LogP contribution in [0.4, 0.5) is 4.79 Å². The lowest BCUT2D eigenvalue weighted by atomic mass is 9.76. The van der Waals surface area contributed by atoms with Gasteiger partial charge in [0, 0.05) is 27.2 Å². The van der Waals surface area contributed by atoms with Gasteiger partial charge in [-0.15, -0.1) is 11.6 Å².